The van der Waals surface area contributed by atoms with Gasteiger partial charge in [-0.2, -0.15) is 0 Å². The van der Waals surface area contributed by atoms with Crippen molar-refractivity contribution in [3.05, 3.63) is 29.3 Å². The third kappa shape index (κ3) is 3.62. The molecule has 22 heavy (non-hydrogen) atoms. The van der Waals surface area contributed by atoms with E-state index < -0.39 is 5.97 Å². The Bertz CT molecular complexity index is 568. The molecule has 1 aromatic carbocycles. The van der Waals surface area contributed by atoms with E-state index in [9.17, 15) is 9.90 Å². The molecule has 1 aliphatic carbocycles. The number of hydrogen-bond donors (Lipinski definition) is 1. The summed E-state index contributed by atoms with van der Waals surface area (Å²) in [7, 11) is 1.62. The van der Waals surface area contributed by atoms with Crippen LogP contribution in [0.5, 0.6) is 11.5 Å². The number of carbonyl (C=O) groups is 1. The highest BCUT2D eigenvalue weighted by molar-refractivity contribution is 5.95. The van der Waals surface area contributed by atoms with E-state index in [4.69, 9.17) is 9.47 Å². The van der Waals surface area contributed by atoms with Crippen LogP contribution in [-0.2, 0) is 4.79 Å². The fourth-order valence-corrected chi connectivity index (χ4v) is 2.96. The molecule has 1 aliphatic rings. The minimum Gasteiger partial charge on any atom is -0.493 e. The number of hydrogen-bond acceptors (Lipinski definition) is 3. The number of ether oxygens (including phenoxy) is 2. The third-order valence-electron chi connectivity index (χ3n) is 4.23. The van der Waals surface area contributed by atoms with Crippen molar-refractivity contribution in [3.63, 3.8) is 0 Å². The quantitative estimate of drug-likeness (QED) is 0.797. The van der Waals surface area contributed by atoms with E-state index in [1.54, 1.807) is 14.0 Å². The molecule has 120 valence electrons. The van der Waals surface area contributed by atoms with Crippen LogP contribution >= 0.6 is 0 Å². The molecule has 4 heteroatoms. The number of aliphatic carboxylic acids is 1. The zero-order valence-electron chi connectivity index (χ0n) is 13.5. The summed E-state index contributed by atoms with van der Waals surface area (Å²) in [5.74, 6) is 0.515. The summed E-state index contributed by atoms with van der Waals surface area (Å²) < 4.78 is 11.5. The summed E-state index contributed by atoms with van der Waals surface area (Å²) in [6.07, 6.45) is 5.43. The van der Waals surface area contributed by atoms with E-state index in [1.807, 2.05) is 25.1 Å². The summed E-state index contributed by atoms with van der Waals surface area (Å²) in [6.45, 7) is 3.60. The second kappa shape index (κ2) is 7.34. The summed E-state index contributed by atoms with van der Waals surface area (Å²) in [5, 5.41) is 9.23. The van der Waals surface area contributed by atoms with Crippen molar-refractivity contribution in [2.24, 2.45) is 0 Å². The monoisotopic (exact) mass is 304 g/mol. The second-order valence-corrected chi connectivity index (χ2v) is 5.65. The van der Waals surface area contributed by atoms with Crippen molar-refractivity contribution in [2.45, 2.75) is 52.1 Å². The standard InChI is InChI=1S/C18H24O4/c1-4-15(12(2)18(19)20)13-9-10-16(21-3)17(11-13)22-14-7-5-6-8-14/h9-11,14H,4-8H2,1-3H3,(H,19,20). The molecule has 0 aromatic heterocycles. The molecule has 0 heterocycles. The Hall–Kier alpha value is -1.97. The van der Waals surface area contributed by atoms with Crippen LogP contribution in [0.3, 0.4) is 0 Å². The van der Waals surface area contributed by atoms with Crippen LogP contribution in [0.2, 0.25) is 0 Å². The van der Waals surface area contributed by atoms with Crippen molar-refractivity contribution < 1.29 is 19.4 Å². The Morgan fingerprint density at radius 1 is 1.27 bits per heavy atom. The summed E-state index contributed by atoms with van der Waals surface area (Å²) in [6, 6.07) is 5.65. The van der Waals surface area contributed by atoms with Crippen molar-refractivity contribution in [2.75, 3.05) is 7.11 Å². The van der Waals surface area contributed by atoms with Crippen LogP contribution in [0.25, 0.3) is 5.57 Å². The lowest BCUT2D eigenvalue weighted by Gasteiger charge is -2.18. The molecule has 1 aromatic rings. The third-order valence-corrected chi connectivity index (χ3v) is 4.23. The molecule has 0 saturated heterocycles. The van der Waals surface area contributed by atoms with Gasteiger partial charge in [0.25, 0.3) is 0 Å². The molecule has 0 bridgehead atoms. The minimum atomic E-state index is -0.883. The molecule has 0 atom stereocenters. The van der Waals surface area contributed by atoms with Crippen LogP contribution in [0.4, 0.5) is 0 Å². The lowest BCUT2D eigenvalue weighted by molar-refractivity contribution is -0.132. The highest BCUT2D eigenvalue weighted by atomic mass is 16.5. The Morgan fingerprint density at radius 2 is 1.95 bits per heavy atom. The zero-order valence-corrected chi connectivity index (χ0v) is 13.5. The minimum absolute atomic E-state index is 0.235. The van der Waals surface area contributed by atoms with Gasteiger partial charge in [-0.15, -0.1) is 0 Å². The molecule has 0 radical (unpaired) electrons. The molecule has 0 amide bonds. The lowest BCUT2D eigenvalue weighted by Crippen LogP contribution is -2.12. The lowest BCUT2D eigenvalue weighted by atomic mass is 9.98. The van der Waals surface area contributed by atoms with Gasteiger partial charge >= 0.3 is 5.97 Å². The second-order valence-electron chi connectivity index (χ2n) is 5.65. The van der Waals surface area contributed by atoms with Gasteiger partial charge in [0.2, 0.25) is 0 Å². The van der Waals surface area contributed by atoms with Gasteiger partial charge in [-0.3, -0.25) is 0 Å². The van der Waals surface area contributed by atoms with E-state index in [-0.39, 0.29) is 6.10 Å². The average molecular weight is 304 g/mol. The zero-order chi connectivity index (χ0) is 16.1. The molecule has 2 rings (SSSR count). The van der Waals surface area contributed by atoms with Gasteiger partial charge in [0.15, 0.2) is 11.5 Å². The van der Waals surface area contributed by atoms with Crippen LogP contribution < -0.4 is 9.47 Å². The van der Waals surface area contributed by atoms with Gasteiger partial charge < -0.3 is 14.6 Å². The number of carboxylic acid groups (broad SMARTS) is 1. The van der Waals surface area contributed by atoms with E-state index in [2.05, 4.69) is 0 Å². The van der Waals surface area contributed by atoms with Crippen molar-refractivity contribution in [1.82, 2.24) is 0 Å². The molecule has 0 spiro atoms. The summed E-state index contributed by atoms with van der Waals surface area (Å²) in [5.41, 5.74) is 2.09. The summed E-state index contributed by atoms with van der Waals surface area (Å²) >= 11 is 0. The maximum Gasteiger partial charge on any atom is 0.331 e. The number of rotatable bonds is 6. The molecule has 4 nitrogen and oxygen atoms in total. The maximum atomic E-state index is 11.2. The first-order valence-electron chi connectivity index (χ1n) is 7.85. The van der Waals surface area contributed by atoms with Gasteiger partial charge in [-0.1, -0.05) is 13.0 Å². The first-order chi connectivity index (χ1) is 10.6. The normalized spacial score (nSPS) is 16.3. The van der Waals surface area contributed by atoms with Gasteiger partial charge in [-0.25, -0.2) is 4.79 Å². The Labute approximate surface area is 131 Å². The van der Waals surface area contributed by atoms with Crippen LogP contribution in [0, 0.1) is 0 Å². The van der Waals surface area contributed by atoms with Gasteiger partial charge in [0.1, 0.15) is 0 Å². The van der Waals surface area contributed by atoms with Gasteiger partial charge in [0, 0.05) is 5.57 Å². The molecule has 0 unspecified atom stereocenters. The van der Waals surface area contributed by atoms with E-state index >= 15 is 0 Å². The van der Waals surface area contributed by atoms with E-state index in [0.717, 1.165) is 24.0 Å². The van der Waals surface area contributed by atoms with Gasteiger partial charge in [0.05, 0.1) is 13.2 Å². The van der Waals surface area contributed by atoms with Crippen molar-refractivity contribution in [1.29, 1.82) is 0 Å². The number of allylic oxidation sites excluding steroid dienone is 1. The first kappa shape index (κ1) is 16.4. The Balaban J connectivity index is 2.37. The highest BCUT2D eigenvalue weighted by Crippen LogP contribution is 2.35. The van der Waals surface area contributed by atoms with E-state index in [0.29, 0.717) is 23.5 Å². The molecule has 0 aliphatic heterocycles. The number of benzene rings is 1. The Kier molecular flexibility index (Phi) is 5.47. The van der Waals surface area contributed by atoms with Crippen molar-refractivity contribution >= 4 is 11.5 Å². The van der Waals surface area contributed by atoms with Crippen LogP contribution in [0.1, 0.15) is 51.5 Å². The molecule has 1 saturated carbocycles. The number of methoxy groups -OCH3 is 1. The first-order valence-corrected chi connectivity index (χ1v) is 7.85. The van der Waals surface area contributed by atoms with Crippen LogP contribution in [-0.4, -0.2) is 24.3 Å². The fourth-order valence-electron chi connectivity index (χ4n) is 2.96. The molecule has 1 N–H and O–H groups in total. The molecular formula is C18H24O4. The topological polar surface area (TPSA) is 55.8 Å². The van der Waals surface area contributed by atoms with Crippen molar-refractivity contribution in [3.8, 4) is 11.5 Å². The molecule has 1 fully saturated rings. The predicted molar refractivity (Wildman–Crippen MR) is 86.4 cm³/mol. The largest absolute Gasteiger partial charge is 0.493 e. The SMILES string of the molecule is CCC(=C(C)C(=O)O)c1ccc(OC)c(OC2CCCC2)c1. The van der Waals surface area contributed by atoms with Crippen LogP contribution in [0.15, 0.2) is 23.8 Å². The van der Waals surface area contributed by atoms with E-state index in [1.165, 1.54) is 12.8 Å². The maximum absolute atomic E-state index is 11.2. The highest BCUT2D eigenvalue weighted by Gasteiger charge is 2.19. The molecular weight excluding hydrogens is 280 g/mol. The number of carboxylic acids is 1. The predicted octanol–water partition coefficient (Wildman–Crippen LogP) is 4.28. The smallest absolute Gasteiger partial charge is 0.331 e. The average Bonchev–Trinajstić information content (AvgIpc) is 3.01. The summed E-state index contributed by atoms with van der Waals surface area (Å²) in [4.78, 5) is 11.2. The Morgan fingerprint density at radius 3 is 2.50 bits per heavy atom. The van der Waals surface area contributed by atoms with Gasteiger partial charge in [-0.05, 0) is 62.3 Å². The fraction of sp³-hybridized carbons (Fsp3) is 0.500.